The third-order valence-corrected chi connectivity index (χ3v) is 6.10. The van der Waals surface area contributed by atoms with E-state index in [4.69, 9.17) is 14.2 Å². The lowest BCUT2D eigenvalue weighted by Gasteiger charge is -2.16. The Morgan fingerprint density at radius 2 is 1.79 bits per heavy atom. The van der Waals surface area contributed by atoms with Crippen LogP contribution in [0.15, 0.2) is 42.0 Å². The highest BCUT2D eigenvalue weighted by molar-refractivity contribution is 7.15. The number of nitrogens with one attached hydrogen (secondary N) is 1. The van der Waals surface area contributed by atoms with E-state index in [1.54, 1.807) is 31.2 Å². The Balaban J connectivity index is 1.68. The monoisotopic (exact) mass is 560 g/mol. The smallest absolute Gasteiger partial charge is 0.445 e. The first-order valence-corrected chi connectivity index (χ1v) is 12.8. The standard InChI is InChI=1S/C27H27F3N4O4S/c1-5-36-23-14-18(13-19(15-31)24(35)32-26-34-33-25(39-26)27(28,29)30)7-9-21(23)37-10-11-38-22-12-17(4)6-8-20(22)16(2)3/h6-9,12-14,16H,5,10-11H2,1-4H3,(H,32,34,35). The van der Waals surface area contributed by atoms with Crippen molar-refractivity contribution >= 4 is 28.5 Å². The predicted molar refractivity (Wildman–Crippen MR) is 141 cm³/mol. The molecule has 1 heterocycles. The van der Waals surface area contributed by atoms with Gasteiger partial charge in [-0.1, -0.05) is 43.4 Å². The van der Waals surface area contributed by atoms with Gasteiger partial charge in [-0.2, -0.15) is 18.4 Å². The molecular weight excluding hydrogens is 533 g/mol. The summed E-state index contributed by atoms with van der Waals surface area (Å²) in [6.45, 7) is 8.88. The normalized spacial score (nSPS) is 11.7. The summed E-state index contributed by atoms with van der Waals surface area (Å²) in [5, 5.41) is 16.3. The second-order valence-corrected chi connectivity index (χ2v) is 9.54. The summed E-state index contributed by atoms with van der Waals surface area (Å²) in [7, 11) is 0. The highest BCUT2D eigenvalue weighted by Gasteiger charge is 2.36. The summed E-state index contributed by atoms with van der Waals surface area (Å²) < 4.78 is 55.7. The Morgan fingerprint density at radius 1 is 1.08 bits per heavy atom. The van der Waals surface area contributed by atoms with E-state index in [1.165, 1.54) is 6.08 Å². The van der Waals surface area contributed by atoms with Gasteiger partial charge in [0.1, 0.15) is 30.6 Å². The number of anilines is 1. The zero-order valence-electron chi connectivity index (χ0n) is 21.8. The molecule has 39 heavy (non-hydrogen) atoms. The molecule has 0 aliphatic heterocycles. The van der Waals surface area contributed by atoms with Crippen molar-refractivity contribution in [2.75, 3.05) is 25.1 Å². The van der Waals surface area contributed by atoms with E-state index in [9.17, 15) is 23.2 Å². The lowest BCUT2D eigenvalue weighted by molar-refractivity contribution is -0.138. The first-order valence-electron chi connectivity index (χ1n) is 12.0. The summed E-state index contributed by atoms with van der Waals surface area (Å²) in [6, 6.07) is 12.7. The molecule has 0 radical (unpaired) electrons. The van der Waals surface area contributed by atoms with Crippen LogP contribution in [-0.4, -0.2) is 35.9 Å². The summed E-state index contributed by atoms with van der Waals surface area (Å²) in [5.74, 6) is 1.03. The zero-order chi connectivity index (χ0) is 28.6. The molecule has 8 nitrogen and oxygen atoms in total. The molecule has 1 N–H and O–H groups in total. The molecule has 0 fully saturated rings. The average molecular weight is 561 g/mol. The number of aromatic nitrogens is 2. The van der Waals surface area contributed by atoms with Crippen molar-refractivity contribution in [3.05, 3.63) is 63.7 Å². The van der Waals surface area contributed by atoms with Crippen LogP contribution in [0.2, 0.25) is 0 Å². The number of aryl methyl sites for hydroxylation is 1. The number of carbonyl (C=O) groups excluding carboxylic acids is 1. The second kappa shape index (κ2) is 13.1. The third-order valence-electron chi connectivity index (χ3n) is 5.22. The van der Waals surface area contributed by atoms with Crippen LogP contribution in [0.4, 0.5) is 18.3 Å². The van der Waals surface area contributed by atoms with Crippen molar-refractivity contribution in [3.8, 4) is 23.3 Å². The highest BCUT2D eigenvalue weighted by atomic mass is 32.1. The third kappa shape index (κ3) is 8.19. The SMILES string of the molecule is CCOc1cc(C=C(C#N)C(=O)Nc2nnc(C(F)(F)F)s2)ccc1OCCOc1cc(C)ccc1C(C)C. The number of nitriles is 1. The minimum absolute atomic E-state index is 0.161. The van der Waals surface area contributed by atoms with Gasteiger partial charge in [-0.15, -0.1) is 10.2 Å². The Kier molecular flexibility index (Phi) is 9.89. The highest BCUT2D eigenvalue weighted by Crippen LogP contribution is 2.33. The molecule has 0 unspecified atom stereocenters. The predicted octanol–water partition coefficient (Wildman–Crippen LogP) is 6.39. The number of hydrogen-bond donors (Lipinski definition) is 1. The fraction of sp³-hybridized carbons (Fsp3) is 0.333. The van der Waals surface area contributed by atoms with E-state index in [-0.39, 0.29) is 28.6 Å². The van der Waals surface area contributed by atoms with Crippen molar-refractivity contribution in [1.29, 1.82) is 5.26 Å². The van der Waals surface area contributed by atoms with Gasteiger partial charge in [-0.05, 0) is 60.7 Å². The van der Waals surface area contributed by atoms with Gasteiger partial charge < -0.3 is 14.2 Å². The molecule has 0 atom stereocenters. The number of benzene rings is 2. The van der Waals surface area contributed by atoms with Gasteiger partial charge in [-0.3, -0.25) is 10.1 Å². The maximum Gasteiger partial charge on any atom is 0.445 e. The maximum atomic E-state index is 12.7. The number of nitrogens with zero attached hydrogens (tertiary/aromatic N) is 3. The van der Waals surface area contributed by atoms with Crippen LogP contribution in [-0.2, 0) is 11.0 Å². The fourth-order valence-corrected chi connectivity index (χ4v) is 4.02. The Labute approximate surface area is 228 Å². The van der Waals surface area contributed by atoms with Gasteiger partial charge in [0.05, 0.1) is 6.61 Å². The van der Waals surface area contributed by atoms with Crippen LogP contribution < -0.4 is 19.5 Å². The van der Waals surface area contributed by atoms with Crippen LogP contribution in [0.5, 0.6) is 17.2 Å². The topological polar surface area (TPSA) is 106 Å². The minimum atomic E-state index is -4.68. The molecule has 3 rings (SSSR count). The Morgan fingerprint density at radius 3 is 2.41 bits per heavy atom. The largest absolute Gasteiger partial charge is 0.490 e. The van der Waals surface area contributed by atoms with E-state index >= 15 is 0 Å². The van der Waals surface area contributed by atoms with E-state index < -0.39 is 17.1 Å². The van der Waals surface area contributed by atoms with Crippen LogP contribution in [0, 0.1) is 18.3 Å². The zero-order valence-corrected chi connectivity index (χ0v) is 22.6. The lowest BCUT2D eigenvalue weighted by atomic mass is 10.0. The molecule has 206 valence electrons. The van der Waals surface area contributed by atoms with Crippen molar-refractivity contribution in [2.45, 2.75) is 39.8 Å². The molecule has 0 aliphatic carbocycles. The van der Waals surface area contributed by atoms with E-state index in [0.29, 0.717) is 36.2 Å². The molecule has 0 saturated heterocycles. The first-order chi connectivity index (χ1) is 18.5. The maximum absolute atomic E-state index is 12.7. The molecule has 0 saturated carbocycles. The van der Waals surface area contributed by atoms with Gasteiger partial charge in [0, 0.05) is 0 Å². The number of ether oxygens (including phenoxy) is 3. The van der Waals surface area contributed by atoms with Crippen LogP contribution >= 0.6 is 11.3 Å². The molecule has 0 bridgehead atoms. The lowest BCUT2D eigenvalue weighted by Crippen LogP contribution is -2.13. The summed E-state index contributed by atoms with van der Waals surface area (Å²) in [4.78, 5) is 12.4. The average Bonchev–Trinajstić information content (AvgIpc) is 3.35. The molecule has 12 heteroatoms. The number of rotatable bonds is 11. The number of amides is 1. The summed E-state index contributed by atoms with van der Waals surface area (Å²) >= 11 is 0.161. The molecule has 3 aromatic rings. The van der Waals surface area contributed by atoms with Crippen LogP contribution in [0.3, 0.4) is 0 Å². The molecular formula is C27H27F3N4O4S. The summed E-state index contributed by atoms with van der Waals surface area (Å²) in [6.07, 6.45) is -3.40. The van der Waals surface area contributed by atoms with Crippen molar-refractivity contribution in [1.82, 2.24) is 10.2 Å². The van der Waals surface area contributed by atoms with Crippen LogP contribution in [0.1, 0.15) is 48.4 Å². The Hall–Kier alpha value is -4.11. The number of hydrogen-bond acceptors (Lipinski definition) is 8. The fourth-order valence-electron chi connectivity index (χ4n) is 3.42. The van der Waals surface area contributed by atoms with Crippen molar-refractivity contribution < 1.29 is 32.2 Å². The molecule has 2 aromatic carbocycles. The van der Waals surface area contributed by atoms with Gasteiger partial charge >= 0.3 is 6.18 Å². The van der Waals surface area contributed by atoms with E-state index in [0.717, 1.165) is 16.9 Å². The first kappa shape index (κ1) is 29.4. The molecule has 0 aliphatic rings. The minimum Gasteiger partial charge on any atom is -0.490 e. The number of halogens is 3. The van der Waals surface area contributed by atoms with Gasteiger partial charge in [0.15, 0.2) is 11.5 Å². The van der Waals surface area contributed by atoms with Gasteiger partial charge in [-0.25, -0.2) is 0 Å². The van der Waals surface area contributed by atoms with Crippen molar-refractivity contribution in [3.63, 3.8) is 0 Å². The summed E-state index contributed by atoms with van der Waals surface area (Å²) in [5.41, 5.74) is 2.30. The quantitative estimate of drug-likeness (QED) is 0.165. The number of carbonyl (C=O) groups is 1. The number of alkyl halides is 3. The van der Waals surface area contributed by atoms with Crippen molar-refractivity contribution in [2.24, 2.45) is 0 Å². The molecule has 1 amide bonds. The molecule has 1 aromatic heterocycles. The molecule has 0 spiro atoms. The van der Waals surface area contributed by atoms with Gasteiger partial charge in [0.25, 0.3) is 5.91 Å². The van der Waals surface area contributed by atoms with Gasteiger partial charge in [0.2, 0.25) is 10.1 Å². The Bertz CT molecular complexity index is 1380. The second-order valence-electron chi connectivity index (χ2n) is 8.57. The van der Waals surface area contributed by atoms with Crippen LogP contribution in [0.25, 0.3) is 6.08 Å². The van der Waals surface area contributed by atoms with E-state index in [2.05, 4.69) is 35.4 Å². The van der Waals surface area contributed by atoms with E-state index in [1.807, 2.05) is 19.1 Å².